The predicted octanol–water partition coefficient (Wildman–Crippen LogP) is 9.00. The number of thiophene rings is 2. The fraction of sp³-hybridized carbons (Fsp3) is 0.135. The fourth-order valence-corrected chi connectivity index (χ4v) is 8.26. The number of carbonyl (C=O) groups excluding carboxylic acids is 2. The first-order valence-electron chi connectivity index (χ1n) is 15.0. The number of rotatable bonds is 11. The molecule has 0 spiro atoms. The number of ether oxygens (including phenoxy) is 1. The molecule has 0 bridgehead atoms. The first-order chi connectivity index (χ1) is 22.9. The lowest BCUT2D eigenvalue weighted by Crippen LogP contribution is -2.25. The SMILES string of the molecule is C=CCn1c(SC(C(=O)Nc2scc(-c3ccccc3)c2C(=O)OCC)c2ccccc2)nc2scc(-c3ccc(C)cc3)c2c1=O. The number of anilines is 1. The predicted molar refractivity (Wildman–Crippen MR) is 194 cm³/mol. The highest BCUT2D eigenvalue weighted by Gasteiger charge is 2.29. The van der Waals surface area contributed by atoms with E-state index >= 15 is 0 Å². The van der Waals surface area contributed by atoms with Gasteiger partial charge in [-0.25, -0.2) is 9.78 Å². The summed E-state index contributed by atoms with van der Waals surface area (Å²) in [6.45, 7) is 8.06. The molecule has 0 aliphatic heterocycles. The number of aryl methyl sites for hydroxylation is 1. The smallest absolute Gasteiger partial charge is 0.341 e. The standard InChI is InChI=1S/C37H31N3O4S3/c1-4-20-40-35(42)29-27(25-18-16-23(3)17-19-25)21-45-33(29)39-37(40)47-31(26-14-10-7-11-15-26)32(41)38-34-30(36(43)44-5-2)28(22-46-34)24-12-8-6-9-13-24/h4,6-19,21-22,31H,1,5,20H2,2-3H3,(H,38,41). The van der Waals surface area contributed by atoms with Gasteiger partial charge in [-0.1, -0.05) is 108 Å². The molecule has 1 N–H and O–H groups in total. The maximum atomic E-state index is 14.2. The Kier molecular flexibility index (Phi) is 9.81. The molecule has 3 heterocycles. The summed E-state index contributed by atoms with van der Waals surface area (Å²) in [6, 6.07) is 26.9. The maximum Gasteiger partial charge on any atom is 0.341 e. The minimum atomic E-state index is -0.800. The van der Waals surface area contributed by atoms with Crippen molar-refractivity contribution in [3.05, 3.63) is 135 Å². The van der Waals surface area contributed by atoms with E-state index in [1.54, 1.807) is 17.6 Å². The van der Waals surface area contributed by atoms with Gasteiger partial charge in [0, 0.05) is 28.4 Å². The molecule has 236 valence electrons. The highest BCUT2D eigenvalue weighted by molar-refractivity contribution is 8.00. The van der Waals surface area contributed by atoms with E-state index in [-0.39, 0.29) is 24.6 Å². The highest BCUT2D eigenvalue weighted by atomic mass is 32.2. The van der Waals surface area contributed by atoms with Gasteiger partial charge < -0.3 is 10.1 Å². The zero-order valence-corrected chi connectivity index (χ0v) is 28.2. The van der Waals surface area contributed by atoms with Crippen LogP contribution in [0, 0.1) is 6.92 Å². The number of aromatic nitrogens is 2. The van der Waals surface area contributed by atoms with Crippen molar-refractivity contribution in [2.75, 3.05) is 11.9 Å². The van der Waals surface area contributed by atoms with Crippen molar-refractivity contribution >= 4 is 61.5 Å². The number of fused-ring (bicyclic) bond motifs is 1. The second-order valence-electron chi connectivity index (χ2n) is 10.6. The Hall–Kier alpha value is -4.77. The Morgan fingerprint density at radius 2 is 1.62 bits per heavy atom. The van der Waals surface area contributed by atoms with Crippen LogP contribution >= 0.6 is 34.4 Å². The van der Waals surface area contributed by atoms with E-state index < -0.39 is 11.2 Å². The average Bonchev–Trinajstić information content (AvgIpc) is 3.71. The third-order valence-electron chi connectivity index (χ3n) is 7.49. The van der Waals surface area contributed by atoms with Crippen molar-refractivity contribution in [1.82, 2.24) is 9.55 Å². The van der Waals surface area contributed by atoms with Crippen LogP contribution in [0.3, 0.4) is 0 Å². The maximum absolute atomic E-state index is 14.2. The molecule has 3 aromatic heterocycles. The number of nitrogens with one attached hydrogen (secondary N) is 1. The van der Waals surface area contributed by atoms with Gasteiger partial charge in [0.2, 0.25) is 5.91 Å². The summed E-state index contributed by atoms with van der Waals surface area (Å²) in [5, 5.41) is 7.34. The highest BCUT2D eigenvalue weighted by Crippen LogP contribution is 2.41. The van der Waals surface area contributed by atoms with Crippen LogP contribution in [0.5, 0.6) is 0 Å². The van der Waals surface area contributed by atoms with Crippen LogP contribution in [0.4, 0.5) is 5.00 Å². The third-order valence-corrected chi connectivity index (χ3v) is 10.5. The van der Waals surface area contributed by atoms with Crippen LogP contribution in [0.15, 0.2) is 118 Å². The van der Waals surface area contributed by atoms with Gasteiger partial charge in [0.05, 0.1) is 12.0 Å². The molecular weight excluding hydrogens is 647 g/mol. The van der Waals surface area contributed by atoms with Gasteiger partial charge in [0.15, 0.2) is 5.16 Å². The van der Waals surface area contributed by atoms with Crippen molar-refractivity contribution < 1.29 is 14.3 Å². The molecule has 0 fully saturated rings. The first-order valence-corrected chi connectivity index (χ1v) is 17.6. The first kappa shape index (κ1) is 32.2. The summed E-state index contributed by atoms with van der Waals surface area (Å²) in [6.07, 6.45) is 1.65. The van der Waals surface area contributed by atoms with E-state index in [0.717, 1.165) is 27.8 Å². The topological polar surface area (TPSA) is 90.3 Å². The molecule has 0 aliphatic rings. The summed E-state index contributed by atoms with van der Waals surface area (Å²) in [5.41, 5.74) is 5.25. The van der Waals surface area contributed by atoms with Crippen molar-refractivity contribution in [2.45, 2.75) is 30.8 Å². The van der Waals surface area contributed by atoms with Gasteiger partial charge in [-0.15, -0.1) is 29.3 Å². The van der Waals surface area contributed by atoms with Gasteiger partial charge in [-0.05, 0) is 30.5 Å². The number of thioether (sulfide) groups is 1. The zero-order chi connectivity index (χ0) is 32.9. The minimum absolute atomic E-state index is 0.197. The lowest BCUT2D eigenvalue weighted by molar-refractivity contribution is -0.115. The molecular formula is C37H31N3O4S3. The number of amides is 1. The molecule has 1 unspecified atom stereocenters. The Labute approximate surface area is 284 Å². The molecule has 0 radical (unpaired) electrons. The lowest BCUT2D eigenvalue weighted by Gasteiger charge is -2.19. The number of esters is 1. The van der Waals surface area contributed by atoms with Gasteiger partial charge in [-0.3, -0.25) is 14.2 Å². The number of allylic oxidation sites excluding steroid dienone is 1. The summed E-state index contributed by atoms with van der Waals surface area (Å²) in [7, 11) is 0. The van der Waals surface area contributed by atoms with Gasteiger partial charge >= 0.3 is 5.97 Å². The van der Waals surface area contributed by atoms with E-state index in [1.165, 1.54) is 34.4 Å². The summed E-state index contributed by atoms with van der Waals surface area (Å²) in [4.78, 5) is 47.0. The molecule has 0 aliphatic carbocycles. The lowest BCUT2D eigenvalue weighted by atomic mass is 10.0. The van der Waals surface area contributed by atoms with Crippen LogP contribution in [0.2, 0.25) is 0 Å². The number of hydrogen-bond acceptors (Lipinski definition) is 8. The normalized spacial score (nSPS) is 11.7. The van der Waals surface area contributed by atoms with Crippen LogP contribution in [-0.2, 0) is 16.1 Å². The summed E-state index contributed by atoms with van der Waals surface area (Å²) in [5.74, 6) is -0.875. The van der Waals surface area contributed by atoms with E-state index in [0.29, 0.717) is 31.5 Å². The molecule has 3 aromatic carbocycles. The van der Waals surface area contributed by atoms with Crippen molar-refractivity contribution in [3.63, 3.8) is 0 Å². The van der Waals surface area contributed by atoms with Crippen molar-refractivity contribution in [1.29, 1.82) is 0 Å². The molecule has 1 amide bonds. The largest absolute Gasteiger partial charge is 0.462 e. The van der Waals surface area contributed by atoms with E-state index in [4.69, 9.17) is 9.72 Å². The zero-order valence-electron chi connectivity index (χ0n) is 25.8. The van der Waals surface area contributed by atoms with Crippen LogP contribution in [0.1, 0.15) is 33.7 Å². The Morgan fingerprint density at radius 3 is 2.30 bits per heavy atom. The molecule has 6 aromatic rings. The molecule has 1 atom stereocenters. The Bertz CT molecular complexity index is 2120. The van der Waals surface area contributed by atoms with Crippen LogP contribution < -0.4 is 10.9 Å². The molecule has 47 heavy (non-hydrogen) atoms. The average molecular weight is 678 g/mol. The second-order valence-corrected chi connectivity index (χ2v) is 13.4. The molecule has 0 saturated heterocycles. The van der Waals surface area contributed by atoms with Crippen molar-refractivity contribution in [2.24, 2.45) is 0 Å². The monoisotopic (exact) mass is 677 g/mol. The Balaban J connectivity index is 1.41. The molecule has 7 nitrogen and oxygen atoms in total. The van der Waals surface area contributed by atoms with Crippen LogP contribution in [-0.4, -0.2) is 28.0 Å². The molecule has 0 saturated carbocycles. The van der Waals surface area contributed by atoms with E-state index in [2.05, 4.69) is 11.9 Å². The molecule has 6 rings (SSSR count). The van der Waals surface area contributed by atoms with Gasteiger partial charge in [-0.2, -0.15) is 0 Å². The Morgan fingerprint density at radius 1 is 0.957 bits per heavy atom. The minimum Gasteiger partial charge on any atom is -0.462 e. The number of nitrogens with zero attached hydrogens (tertiary/aromatic N) is 2. The quantitative estimate of drug-likeness (QED) is 0.0637. The van der Waals surface area contributed by atoms with Crippen LogP contribution in [0.25, 0.3) is 32.5 Å². The second kappa shape index (κ2) is 14.3. The fourth-order valence-electron chi connectivity index (χ4n) is 5.20. The number of carbonyl (C=O) groups is 2. The third kappa shape index (κ3) is 6.71. The summed E-state index contributed by atoms with van der Waals surface area (Å²) < 4.78 is 6.97. The van der Waals surface area contributed by atoms with E-state index in [1.807, 2.05) is 103 Å². The molecule has 10 heteroatoms. The van der Waals surface area contributed by atoms with E-state index in [9.17, 15) is 14.4 Å². The number of benzene rings is 3. The van der Waals surface area contributed by atoms with Gasteiger partial charge in [0.1, 0.15) is 20.6 Å². The summed E-state index contributed by atoms with van der Waals surface area (Å²) >= 11 is 3.85. The van der Waals surface area contributed by atoms with Gasteiger partial charge in [0.25, 0.3) is 5.56 Å². The number of hydrogen-bond donors (Lipinski definition) is 1. The van der Waals surface area contributed by atoms with Crippen molar-refractivity contribution in [3.8, 4) is 22.3 Å².